The average Bonchev–Trinajstić information content (AvgIpc) is 2.47. The summed E-state index contributed by atoms with van der Waals surface area (Å²) >= 11 is 7.48. The third-order valence-corrected chi connectivity index (χ3v) is 2.72. The Kier molecular flexibility index (Phi) is 2.60. The molecular weight excluding hydrogens is 220 g/mol. The minimum atomic E-state index is 0.297. The van der Waals surface area contributed by atoms with E-state index in [0.717, 1.165) is 5.03 Å². The monoisotopic (exact) mass is 228 g/mol. The Hall–Kier alpha value is -0.810. The van der Waals surface area contributed by atoms with Gasteiger partial charge in [0.25, 0.3) is 0 Å². The molecule has 2 heterocycles. The van der Waals surface area contributed by atoms with Gasteiger partial charge >= 0.3 is 0 Å². The first kappa shape index (κ1) is 9.73. The Balaban J connectivity index is 2.44. The lowest BCUT2D eigenvalue weighted by Crippen LogP contribution is -1.95. The van der Waals surface area contributed by atoms with E-state index in [-0.39, 0.29) is 0 Å². The lowest BCUT2D eigenvalue weighted by molar-refractivity contribution is 0.851. The molecule has 6 heteroatoms. The first-order chi connectivity index (χ1) is 6.66. The number of hydrogen-bond donors (Lipinski definition) is 0. The van der Waals surface area contributed by atoms with Gasteiger partial charge in [-0.1, -0.05) is 13.8 Å². The van der Waals surface area contributed by atoms with Gasteiger partial charge in [0.1, 0.15) is 5.03 Å². The predicted molar refractivity (Wildman–Crippen MR) is 56.8 cm³/mol. The van der Waals surface area contributed by atoms with Gasteiger partial charge in [-0.15, -0.1) is 22.0 Å². The van der Waals surface area contributed by atoms with Gasteiger partial charge < -0.3 is 0 Å². The van der Waals surface area contributed by atoms with Crippen LogP contribution in [0.4, 0.5) is 0 Å². The number of nitrogens with zero attached hydrogens (tertiary/aromatic N) is 4. The molecule has 0 unspecified atom stereocenters. The average molecular weight is 229 g/mol. The molecule has 0 fully saturated rings. The molecule has 0 aliphatic carbocycles. The fraction of sp³-hybridized carbons (Fsp3) is 0.375. The zero-order valence-electron chi connectivity index (χ0n) is 7.81. The molecule has 0 bridgehead atoms. The molecule has 0 saturated heterocycles. The Bertz CT molecular complexity index is 454. The Morgan fingerprint density at radius 1 is 1.36 bits per heavy atom. The SMILES string of the molecule is CC(C)Sc1ccc2nnc(Cl)n2n1. The van der Waals surface area contributed by atoms with Gasteiger partial charge in [0.2, 0.25) is 5.28 Å². The molecule has 4 nitrogen and oxygen atoms in total. The van der Waals surface area contributed by atoms with Gasteiger partial charge in [-0.05, 0) is 23.7 Å². The summed E-state index contributed by atoms with van der Waals surface area (Å²) in [7, 11) is 0. The Labute approximate surface area is 90.7 Å². The lowest BCUT2D eigenvalue weighted by Gasteiger charge is -2.03. The standard InChI is InChI=1S/C8H9ClN4S/c1-5(2)14-7-4-3-6-10-11-8(9)13(6)12-7/h3-5H,1-2H3. The van der Waals surface area contributed by atoms with Crippen LogP contribution in [0, 0.1) is 0 Å². The van der Waals surface area contributed by atoms with E-state index in [1.807, 2.05) is 12.1 Å². The van der Waals surface area contributed by atoms with Crippen LogP contribution in [0.2, 0.25) is 5.28 Å². The van der Waals surface area contributed by atoms with E-state index >= 15 is 0 Å². The zero-order valence-corrected chi connectivity index (χ0v) is 9.38. The van der Waals surface area contributed by atoms with Crippen LogP contribution < -0.4 is 0 Å². The number of hydrogen-bond acceptors (Lipinski definition) is 4. The van der Waals surface area contributed by atoms with Crippen molar-refractivity contribution in [2.45, 2.75) is 24.1 Å². The van der Waals surface area contributed by atoms with Crippen molar-refractivity contribution in [1.29, 1.82) is 0 Å². The first-order valence-electron chi connectivity index (χ1n) is 4.21. The van der Waals surface area contributed by atoms with Gasteiger partial charge in [0.15, 0.2) is 5.65 Å². The van der Waals surface area contributed by atoms with E-state index in [1.165, 1.54) is 4.52 Å². The van der Waals surface area contributed by atoms with E-state index in [9.17, 15) is 0 Å². The van der Waals surface area contributed by atoms with Crippen LogP contribution in [0.15, 0.2) is 17.2 Å². The van der Waals surface area contributed by atoms with Crippen molar-refractivity contribution in [3.63, 3.8) is 0 Å². The summed E-state index contributed by atoms with van der Waals surface area (Å²) < 4.78 is 1.53. The van der Waals surface area contributed by atoms with Crippen molar-refractivity contribution in [1.82, 2.24) is 19.8 Å². The number of aromatic nitrogens is 4. The van der Waals surface area contributed by atoms with Crippen LogP contribution in [0.25, 0.3) is 5.65 Å². The number of fused-ring (bicyclic) bond motifs is 1. The molecule has 2 aromatic heterocycles. The smallest absolute Gasteiger partial charge is 0.182 e. The summed E-state index contributed by atoms with van der Waals surface area (Å²) in [6.07, 6.45) is 0. The van der Waals surface area contributed by atoms with Crippen LogP contribution in [0.1, 0.15) is 13.8 Å². The number of rotatable bonds is 2. The summed E-state index contributed by atoms with van der Waals surface area (Å²) in [6.45, 7) is 4.23. The maximum atomic E-state index is 5.80. The molecule has 0 aliphatic heterocycles. The van der Waals surface area contributed by atoms with E-state index in [0.29, 0.717) is 16.2 Å². The first-order valence-corrected chi connectivity index (χ1v) is 5.47. The molecule has 0 aliphatic rings. The molecule has 0 spiro atoms. The summed E-state index contributed by atoms with van der Waals surface area (Å²) in [6, 6.07) is 3.78. The fourth-order valence-corrected chi connectivity index (χ4v) is 1.97. The highest BCUT2D eigenvalue weighted by Crippen LogP contribution is 2.20. The molecule has 0 radical (unpaired) electrons. The highest BCUT2D eigenvalue weighted by atomic mass is 35.5. The van der Waals surface area contributed by atoms with Crippen molar-refractivity contribution >= 4 is 29.0 Å². The normalized spacial score (nSPS) is 11.4. The topological polar surface area (TPSA) is 43.1 Å². The molecule has 74 valence electrons. The van der Waals surface area contributed by atoms with Crippen molar-refractivity contribution in [2.75, 3.05) is 0 Å². The van der Waals surface area contributed by atoms with Gasteiger partial charge in [-0.2, -0.15) is 9.61 Å². The maximum Gasteiger partial charge on any atom is 0.246 e. The lowest BCUT2D eigenvalue weighted by atomic mass is 10.6. The predicted octanol–water partition coefficient (Wildman–Crippen LogP) is 2.28. The number of halogens is 1. The van der Waals surface area contributed by atoms with Gasteiger partial charge in [-0.3, -0.25) is 0 Å². The Morgan fingerprint density at radius 3 is 2.86 bits per heavy atom. The molecule has 14 heavy (non-hydrogen) atoms. The molecule has 0 atom stereocenters. The summed E-state index contributed by atoms with van der Waals surface area (Å²) in [5.74, 6) is 0. The summed E-state index contributed by atoms with van der Waals surface area (Å²) in [4.78, 5) is 0. The second-order valence-corrected chi connectivity index (χ2v) is 5.01. The van der Waals surface area contributed by atoms with Crippen molar-refractivity contribution in [2.24, 2.45) is 0 Å². The minimum absolute atomic E-state index is 0.297. The third kappa shape index (κ3) is 1.83. The van der Waals surface area contributed by atoms with E-state index in [2.05, 4.69) is 29.1 Å². The van der Waals surface area contributed by atoms with E-state index < -0.39 is 0 Å². The van der Waals surface area contributed by atoms with Crippen molar-refractivity contribution in [3.8, 4) is 0 Å². The molecule has 0 N–H and O–H groups in total. The second-order valence-electron chi connectivity index (χ2n) is 3.08. The zero-order chi connectivity index (χ0) is 10.1. The quantitative estimate of drug-likeness (QED) is 0.740. The van der Waals surface area contributed by atoms with Gasteiger partial charge in [0, 0.05) is 5.25 Å². The number of thioether (sulfide) groups is 1. The molecular formula is C8H9ClN4S. The van der Waals surface area contributed by atoms with Crippen LogP contribution in [-0.2, 0) is 0 Å². The molecule has 0 amide bonds. The molecule has 2 aromatic rings. The molecule has 2 rings (SSSR count). The van der Waals surface area contributed by atoms with Crippen molar-refractivity contribution < 1.29 is 0 Å². The van der Waals surface area contributed by atoms with E-state index in [4.69, 9.17) is 11.6 Å². The maximum absolute atomic E-state index is 5.80. The van der Waals surface area contributed by atoms with Gasteiger partial charge in [-0.25, -0.2) is 0 Å². The largest absolute Gasteiger partial charge is 0.246 e. The molecule has 0 saturated carbocycles. The van der Waals surface area contributed by atoms with Crippen LogP contribution >= 0.6 is 23.4 Å². The summed E-state index contributed by atoms with van der Waals surface area (Å²) in [5.41, 5.74) is 0.670. The third-order valence-electron chi connectivity index (χ3n) is 1.56. The van der Waals surface area contributed by atoms with Crippen LogP contribution in [0.5, 0.6) is 0 Å². The van der Waals surface area contributed by atoms with Crippen LogP contribution in [0.3, 0.4) is 0 Å². The van der Waals surface area contributed by atoms with Crippen molar-refractivity contribution in [3.05, 3.63) is 17.4 Å². The highest BCUT2D eigenvalue weighted by molar-refractivity contribution is 7.99. The van der Waals surface area contributed by atoms with E-state index in [1.54, 1.807) is 11.8 Å². The molecule has 0 aromatic carbocycles. The summed E-state index contributed by atoms with van der Waals surface area (Å²) in [5, 5.41) is 13.6. The fourth-order valence-electron chi connectivity index (χ4n) is 1.05. The second kappa shape index (κ2) is 3.74. The van der Waals surface area contributed by atoms with Crippen LogP contribution in [-0.4, -0.2) is 25.1 Å². The minimum Gasteiger partial charge on any atom is -0.182 e. The Morgan fingerprint density at radius 2 is 2.14 bits per heavy atom. The highest BCUT2D eigenvalue weighted by Gasteiger charge is 2.06. The van der Waals surface area contributed by atoms with Gasteiger partial charge in [0.05, 0.1) is 0 Å².